The second-order valence-electron chi connectivity index (χ2n) is 5.27. The highest BCUT2D eigenvalue weighted by Gasteiger charge is 2.15. The summed E-state index contributed by atoms with van der Waals surface area (Å²) in [5, 5.41) is 8.93. The van der Waals surface area contributed by atoms with Crippen LogP contribution in [0.5, 0.6) is 0 Å². The van der Waals surface area contributed by atoms with Crippen LogP contribution < -0.4 is 16.0 Å². The van der Waals surface area contributed by atoms with Crippen LogP contribution in [0.3, 0.4) is 0 Å². The van der Waals surface area contributed by atoms with E-state index < -0.39 is 0 Å². The maximum absolute atomic E-state index is 12.8. The predicted molar refractivity (Wildman–Crippen MR) is 88.0 cm³/mol. The molecule has 3 N–H and O–H groups in total. The Bertz CT molecular complexity index is 527. The normalized spacial score (nSPS) is 17.8. The standard InChI is InChI=1S/C16H23FN4O2/c1-2-18-16(19-10-14-4-3-9-23-14)20-11-15(22)21-13-7-5-12(17)6-8-13/h5-8,14H,2-4,9-11H2,1H3,(H,21,22)(H2,18,19,20). The number of nitrogens with zero attached hydrogens (tertiary/aromatic N) is 1. The van der Waals surface area contributed by atoms with Crippen molar-refractivity contribution < 1.29 is 13.9 Å². The molecule has 1 fully saturated rings. The van der Waals surface area contributed by atoms with E-state index >= 15 is 0 Å². The number of ether oxygens (including phenoxy) is 1. The van der Waals surface area contributed by atoms with Gasteiger partial charge in [-0.1, -0.05) is 0 Å². The number of aliphatic imine (C=N–C) groups is 1. The number of amides is 1. The van der Waals surface area contributed by atoms with E-state index in [2.05, 4.69) is 20.9 Å². The second kappa shape index (κ2) is 9.09. The molecule has 6 nitrogen and oxygen atoms in total. The van der Waals surface area contributed by atoms with Gasteiger partial charge in [-0.25, -0.2) is 9.38 Å². The fourth-order valence-electron chi connectivity index (χ4n) is 2.24. The highest BCUT2D eigenvalue weighted by atomic mass is 19.1. The summed E-state index contributed by atoms with van der Waals surface area (Å²) in [6.07, 6.45) is 2.32. The quantitative estimate of drug-likeness (QED) is 0.548. The molecule has 1 heterocycles. The van der Waals surface area contributed by atoms with Gasteiger partial charge >= 0.3 is 0 Å². The van der Waals surface area contributed by atoms with Crippen LogP contribution in [0.25, 0.3) is 0 Å². The Hall–Kier alpha value is -2.15. The molecule has 1 aromatic carbocycles. The number of anilines is 1. The van der Waals surface area contributed by atoms with E-state index in [1.54, 1.807) is 0 Å². The van der Waals surface area contributed by atoms with Crippen LogP contribution in [0.4, 0.5) is 10.1 Å². The Morgan fingerprint density at radius 3 is 2.78 bits per heavy atom. The van der Waals surface area contributed by atoms with Crippen molar-refractivity contribution in [3.8, 4) is 0 Å². The Kier molecular flexibility index (Phi) is 6.80. The average Bonchev–Trinajstić information content (AvgIpc) is 3.06. The number of carbonyl (C=O) groups excluding carboxylic acids is 1. The van der Waals surface area contributed by atoms with Gasteiger partial charge in [-0.15, -0.1) is 0 Å². The lowest BCUT2D eigenvalue weighted by Gasteiger charge is -2.14. The lowest BCUT2D eigenvalue weighted by molar-refractivity contribution is -0.114. The minimum Gasteiger partial charge on any atom is -0.376 e. The maximum Gasteiger partial charge on any atom is 0.246 e. The molecule has 2 rings (SSSR count). The minimum absolute atomic E-state index is 0.0156. The van der Waals surface area contributed by atoms with Gasteiger partial charge in [0, 0.05) is 25.4 Å². The third-order valence-corrected chi connectivity index (χ3v) is 3.37. The molecule has 1 atom stereocenters. The zero-order valence-corrected chi connectivity index (χ0v) is 13.3. The molecule has 1 aliphatic heterocycles. The molecule has 0 radical (unpaired) electrons. The van der Waals surface area contributed by atoms with Gasteiger partial charge in [0.05, 0.1) is 6.10 Å². The molecule has 0 aliphatic carbocycles. The average molecular weight is 322 g/mol. The molecule has 0 spiro atoms. The zero-order chi connectivity index (χ0) is 16.5. The summed E-state index contributed by atoms with van der Waals surface area (Å²) in [6.45, 7) is 4.13. The van der Waals surface area contributed by atoms with Crippen molar-refractivity contribution in [3.05, 3.63) is 30.1 Å². The Balaban J connectivity index is 1.80. The topological polar surface area (TPSA) is 74.8 Å². The van der Waals surface area contributed by atoms with Crippen LogP contribution in [-0.4, -0.2) is 44.2 Å². The number of rotatable bonds is 6. The molecule has 0 bridgehead atoms. The molecule has 126 valence electrons. The highest BCUT2D eigenvalue weighted by Crippen LogP contribution is 2.10. The summed E-state index contributed by atoms with van der Waals surface area (Å²) in [5.41, 5.74) is 0.545. The minimum atomic E-state index is -0.339. The molecule has 0 aromatic heterocycles. The Morgan fingerprint density at radius 2 is 2.13 bits per heavy atom. The van der Waals surface area contributed by atoms with Crippen LogP contribution in [0.2, 0.25) is 0 Å². The predicted octanol–water partition coefficient (Wildman–Crippen LogP) is 1.50. The van der Waals surface area contributed by atoms with Crippen molar-refractivity contribution in [3.63, 3.8) is 0 Å². The summed E-state index contributed by atoms with van der Waals surface area (Å²) in [4.78, 5) is 16.1. The van der Waals surface area contributed by atoms with Crippen LogP contribution in [0.15, 0.2) is 29.3 Å². The Morgan fingerprint density at radius 1 is 1.35 bits per heavy atom. The van der Waals surface area contributed by atoms with Gasteiger partial charge in [0.2, 0.25) is 5.91 Å². The monoisotopic (exact) mass is 322 g/mol. The first-order valence-corrected chi connectivity index (χ1v) is 7.86. The van der Waals surface area contributed by atoms with Gasteiger partial charge in [-0.05, 0) is 44.0 Å². The highest BCUT2D eigenvalue weighted by molar-refractivity contribution is 5.94. The fourth-order valence-corrected chi connectivity index (χ4v) is 2.24. The summed E-state index contributed by atoms with van der Waals surface area (Å²) in [5.74, 6) is -0.0167. The van der Waals surface area contributed by atoms with Crippen molar-refractivity contribution in [2.45, 2.75) is 25.9 Å². The summed E-state index contributed by atoms with van der Waals surface area (Å²) >= 11 is 0. The Labute approximate surface area is 135 Å². The first-order valence-electron chi connectivity index (χ1n) is 7.86. The van der Waals surface area contributed by atoms with E-state index in [4.69, 9.17) is 4.74 Å². The van der Waals surface area contributed by atoms with Crippen LogP contribution in [0, 0.1) is 5.82 Å². The van der Waals surface area contributed by atoms with Gasteiger partial charge < -0.3 is 20.7 Å². The summed E-state index contributed by atoms with van der Waals surface area (Å²) in [6, 6.07) is 5.62. The molecule has 1 unspecified atom stereocenters. The van der Waals surface area contributed by atoms with Crippen LogP contribution in [0.1, 0.15) is 19.8 Å². The molecule has 1 aromatic rings. The van der Waals surface area contributed by atoms with Gasteiger partial charge in [-0.2, -0.15) is 0 Å². The van der Waals surface area contributed by atoms with Crippen molar-refractivity contribution in [2.24, 2.45) is 4.99 Å². The van der Waals surface area contributed by atoms with Crippen LogP contribution >= 0.6 is 0 Å². The van der Waals surface area contributed by atoms with Crippen molar-refractivity contribution in [1.82, 2.24) is 10.6 Å². The van der Waals surface area contributed by atoms with E-state index in [-0.39, 0.29) is 24.4 Å². The van der Waals surface area contributed by atoms with Crippen molar-refractivity contribution in [1.29, 1.82) is 0 Å². The van der Waals surface area contributed by atoms with Gasteiger partial charge in [0.1, 0.15) is 12.4 Å². The third-order valence-electron chi connectivity index (χ3n) is 3.37. The van der Waals surface area contributed by atoms with Crippen LogP contribution in [-0.2, 0) is 9.53 Å². The molecule has 0 saturated carbocycles. The van der Waals surface area contributed by atoms with Crippen molar-refractivity contribution >= 4 is 17.6 Å². The summed E-state index contributed by atoms with van der Waals surface area (Å²) in [7, 11) is 0. The number of hydrogen-bond donors (Lipinski definition) is 3. The molecular formula is C16H23FN4O2. The lowest BCUT2D eigenvalue weighted by atomic mass is 10.2. The van der Waals surface area contributed by atoms with E-state index in [1.165, 1.54) is 24.3 Å². The van der Waals surface area contributed by atoms with Gasteiger partial charge in [-0.3, -0.25) is 4.79 Å². The van der Waals surface area contributed by atoms with Gasteiger partial charge in [0.15, 0.2) is 5.96 Å². The first kappa shape index (κ1) is 17.2. The number of benzene rings is 1. The van der Waals surface area contributed by atoms with Crippen molar-refractivity contribution in [2.75, 3.05) is 31.6 Å². The SMILES string of the molecule is CCNC(=NCC(=O)Nc1ccc(F)cc1)NCC1CCCO1. The first-order chi connectivity index (χ1) is 11.2. The van der Waals surface area contributed by atoms with Gasteiger partial charge in [0.25, 0.3) is 0 Å². The lowest BCUT2D eigenvalue weighted by Crippen LogP contribution is -2.41. The van der Waals surface area contributed by atoms with E-state index in [1.807, 2.05) is 6.92 Å². The number of guanidine groups is 1. The zero-order valence-electron chi connectivity index (χ0n) is 13.3. The number of halogens is 1. The largest absolute Gasteiger partial charge is 0.376 e. The molecule has 1 saturated heterocycles. The summed E-state index contributed by atoms with van der Waals surface area (Å²) < 4.78 is 18.4. The molecule has 1 amide bonds. The molecular weight excluding hydrogens is 299 g/mol. The smallest absolute Gasteiger partial charge is 0.246 e. The molecule has 1 aliphatic rings. The van der Waals surface area contributed by atoms with E-state index in [0.29, 0.717) is 24.7 Å². The molecule has 7 heteroatoms. The number of carbonyl (C=O) groups is 1. The molecule has 23 heavy (non-hydrogen) atoms. The third kappa shape index (κ3) is 6.23. The number of nitrogens with one attached hydrogen (secondary N) is 3. The van der Waals surface area contributed by atoms with E-state index in [0.717, 1.165) is 19.4 Å². The second-order valence-corrected chi connectivity index (χ2v) is 5.27. The maximum atomic E-state index is 12.8. The fraction of sp³-hybridized carbons (Fsp3) is 0.500. The number of hydrogen-bond acceptors (Lipinski definition) is 3. The van der Waals surface area contributed by atoms with E-state index in [9.17, 15) is 9.18 Å².